The molecule has 3 N–H and O–H groups in total. The van der Waals surface area contributed by atoms with Crippen molar-refractivity contribution in [1.29, 1.82) is 0 Å². The van der Waals surface area contributed by atoms with E-state index < -0.39 is 0 Å². The second kappa shape index (κ2) is 3.37. The van der Waals surface area contributed by atoms with Gasteiger partial charge in [-0.05, 0) is 6.07 Å². The van der Waals surface area contributed by atoms with Gasteiger partial charge in [-0.25, -0.2) is 0 Å². The average molecular weight is 171 g/mol. The summed E-state index contributed by atoms with van der Waals surface area (Å²) in [6, 6.07) is 5.01. The van der Waals surface area contributed by atoms with E-state index in [1.807, 2.05) is 0 Å². The third kappa shape index (κ3) is 1.50. The first kappa shape index (κ1) is 8.04. The highest BCUT2D eigenvalue weighted by molar-refractivity contribution is 6.35. The van der Waals surface area contributed by atoms with E-state index in [-0.39, 0.29) is 0 Å². The Balaban J connectivity index is 3.20. The van der Waals surface area contributed by atoms with Crippen LogP contribution < -0.4 is 11.3 Å². The Kier molecular flexibility index (Phi) is 2.46. The first-order valence-electron chi connectivity index (χ1n) is 3.00. The Labute approximate surface area is 69.1 Å². The number of aldehydes is 1. The van der Waals surface area contributed by atoms with Gasteiger partial charge in [0.25, 0.3) is 0 Å². The normalized spacial score (nSPS) is 9.27. The molecular weight excluding hydrogens is 164 g/mol. The van der Waals surface area contributed by atoms with Crippen LogP contribution in [-0.4, -0.2) is 6.29 Å². The summed E-state index contributed by atoms with van der Waals surface area (Å²) in [6.45, 7) is 0. The molecule has 0 saturated carbocycles. The maximum absolute atomic E-state index is 10.3. The van der Waals surface area contributed by atoms with Crippen LogP contribution in [0.3, 0.4) is 0 Å². The molecule has 0 fully saturated rings. The van der Waals surface area contributed by atoms with Gasteiger partial charge in [-0.1, -0.05) is 23.7 Å². The fourth-order valence-electron chi connectivity index (χ4n) is 0.752. The van der Waals surface area contributed by atoms with Crippen LogP contribution in [0.2, 0.25) is 5.02 Å². The van der Waals surface area contributed by atoms with Crippen molar-refractivity contribution in [1.82, 2.24) is 0 Å². The maximum atomic E-state index is 10.3. The van der Waals surface area contributed by atoms with Crippen molar-refractivity contribution in [3.63, 3.8) is 0 Å². The number of hydrogen-bond donors (Lipinski definition) is 2. The molecule has 3 nitrogen and oxygen atoms in total. The largest absolute Gasteiger partial charge is 0.323 e. The lowest BCUT2D eigenvalue weighted by molar-refractivity contribution is 0.112. The second-order valence-electron chi connectivity index (χ2n) is 1.97. The van der Waals surface area contributed by atoms with Crippen molar-refractivity contribution in [2.75, 3.05) is 5.43 Å². The molecule has 0 aliphatic rings. The number of hydrogen-bond acceptors (Lipinski definition) is 3. The number of carbonyl (C=O) groups excluding carboxylic acids is 1. The van der Waals surface area contributed by atoms with Crippen LogP contribution in [0, 0.1) is 0 Å². The Bertz CT molecular complexity index is 275. The van der Waals surface area contributed by atoms with Crippen LogP contribution in [0.1, 0.15) is 10.4 Å². The number of benzene rings is 1. The summed E-state index contributed by atoms with van der Waals surface area (Å²) in [5.74, 6) is 5.12. The van der Waals surface area contributed by atoms with Crippen molar-refractivity contribution >= 4 is 23.6 Å². The molecule has 0 saturated heterocycles. The average Bonchev–Trinajstić information content (AvgIpc) is 2.05. The number of carbonyl (C=O) groups is 1. The third-order valence-corrected chi connectivity index (χ3v) is 1.73. The van der Waals surface area contributed by atoms with Crippen molar-refractivity contribution < 1.29 is 4.79 Å². The molecule has 11 heavy (non-hydrogen) atoms. The van der Waals surface area contributed by atoms with Gasteiger partial charge < -0.3 is 5.43 Å². The molecular formula is C7H7ClN2O. The van der Waals surface area contributed by atoms with E-state index in [2.05, 4.69) is 5.43 Å². The minimum atomic E-state index is 0.352. The fraction of sp³-hybridized carbons (Fsp3) is 0. The molecule has 0 amide bonds. The summed E-state index contributed by atoms with van der Waals surface area (Å²) in [4.78, 5) is 10.3. The third-order valence-electron chi connectivity index (χ3n) is 1.31. The van der Waals surface area contributed by atoms with Crippen LogP contribution in [0.5, 0.6) is 0 Å². The lowest BCUT2D eigenvalue weighted by atomic mass is 10.2. The Morgan fingerprint density at radius 3 is 2.82 bits per heavy atom. The Morgan fingerprint density at radius 1 is 1.55 bits per heavy atom. The number of nitrogen functional groups attached to an aromatic ring is 1. The summed E-state index contributed by atoms with van der Waals surface area (Å²) in [7, 11) is 0. The lowest BCUT2D eigenvalue weighted by Crippen LogP contribution is -2.07. The minimum Gasteiger partial charge on any atom is -0.323 e. The van der Waals surface area contributed by atoms with Gasteiger partial charge in [0.05, 0.1) is 10.7 Å². The molecule has 1 rings (SSSR count). The number of halogens is 1. The highest BCUT2D eigenvalue weighted by atomic mass is 35.5. The SMILES string of the molecule is NNc1cccc(C=O)c1Cl. The topological polar surface area (TPSA) is 55.1 Å². The van der Waals surface area contributed by atoms with E-state index in [4.69, 9.17) is 17.4 Å². The quantitative estimate of drug-likeness (QED) is 0.401. The standard InChI is InChI=1S/C7H7ClN2O/c8-7-5(4-11)2-1-3-6(7)10-9/h1-4,10H,9H2. The predicted molar refractivity (Wildman–Crippen MR) is 44.6 cm³/mol. The monoisotopic (exact) mass is 170 g/mol. The molecule has 0 bridgehead atoms. The first-order valence-corrected chi connectivity index (χ1v) is 3.37. The van der Waals surface area contributed by atoms with Gasteiger partial charge in [-0.3, -0.25) is 10.6 Å². The molecule has 0 heterocycles. The van der Waals surface area contributed by atoms with E-state index in [9.17, 15) is 4.79 Å². The number of rotatable bonds is 2. The van der Waals surface area contributed by atoms with Crippen molar-refractivity contribution in [2.45, 2.75) is 0 Å². The second-order valence-corrected chi connectivity index (χ2v) is 2.35. The summed E-state index contributed by atoms with van der Waals surface area (Å²) in [5, 5.41) is 0.352. The van der Waals surface area contributed by atoms with Gasteiger partial charge in [-0.2, -0.15) is 0 Å². The molecule has 4 heteroatoms. The molecule has 1 aromatic rings. The van der Waals surface area contributed by atoms with Crippen LogP contribution in [0.25, 0.3) is 0 Å². The van der Waals surface area contributed by atoms with Gasteiger partial charge in [0, 0.05) is 5.56 Å². The minimum absolute atomic E-state index is 0.352. The highest BCUT2D eigenvalue weighted by Crippen LogP contribution is 2.23. The maximum Gasteiger partial charge on any atom is 0.151 e. The molecule has 1 aromatic carbocycles. The predicted octanol–water partition coefficient (Wildman–Crippen LogP) is 1.44. The van der Waals surface area contributed by atoms with Crippen molar-refractivity contribution in [2.24, 2.45) is 5.84 Å². The van der Waals surface area contributed by atoms with E-state index in [1.165, 1.54) is 0 Å². The van der Waals surface area contributed by atoms with Gasteiger partial charge in [0.1, 0.15) is 0 Å². The number of anilines is 1. The van der Waals surface area contributed by atoms with Gasteiger partial charge in [-0.15, -0.1) is 0 Å². The molecule has 0 spiro atoms. The van der Waals surface area contributed by atoms with Crippen LogP contribution in [0.15, 0.2) is 18.2 Å². The Morgan fingerprint density at radius 2 is 2.27 bits per heavy atom. The summed E-state index contributed by atoms with van der Waals surface area (Å²) in [5.41, 5.74) is 3.36. The van der Waals surface area contributed by atoms with Crippen molar-refractivity contribution in [3.8, 4) is 0 Å². The molecule has 0 aromatic heterocycles. The lowest BCUT2D eigenvalue weighted by Gasteiger charge is -2.02. The zero-order valence-electron chi connectivity index (χ0n) is 5.67. The zero-order chi connectivity index (χ0) is 8.27. The van der Waals surface area contributed by atoms with Crippen LogP contribution >= 0.6 is 11.6 Å². The molecule has 0 aliphatic heterocycles. The molecule has 0 aliphatic carbocycles. The smallest absolute Gasteiger partial charge is 0.151 e. The highest BCUT2D eigenvalue weighted by Gasteiger charge is 2.02. The van der Waals surface area contributed by atoms with E-state index in [0.717, 1.165) is 0 Å². The number of nitrogens with two attached hydrogens (primary N) is 1. The number of hydrazine groups is 1. The first-order chi connectivity index (χ1) is 5.29. The molecule has 0 radical (unpaired) electrons. The van der Waals surface area contributed by atoms with Gasteiger partial charge >= 0.3 is 0 Å². The van der Waals surface area contributed by atoms with Gasteiger partial charge in [0.2, 0.25) is 0 Å². The van der Waals surface area contributed by atoms with E-state index in [0.29, 0.717) is 22.6 Å². The van der Waals surface area contributed by atoms with Crippen LogP contribution in [-0.2, 0) is 0 Å². The summed E-state index contributed by atoms with van der Waals surface area (Å²) in [6.07, 6.45) is 0.684. The van der Waals surface area contributed by atoms with E-state index in [1.54, 1.807) is 18.2 Å². The summed E-state index contributed by atoms with van der Waals surface area (Å²) < 4.78 is 0. The molecule has 58 valence electrons. The van der Waals surface area contributed by atoms with E-state index >= 15 is 0 Å². The summed E-state index contributed by atoms with van der Waals surface area (Å²) >= 11 is 5.74. The molecule has 0 unspecified atom stereocenters. The Hall–Kier alpha value is -1.06. The van der Waals surface area contributed by atoms with Crippen LogP contribution in [0.4, 0.5) is 5.69 Å². The van der Waals surface area contributed by atoms with Gasteiger partial charge in [0.15, 0.2) is 6.29 Å². The number of nitrogens with one attached hydrogen (secondary N) is 1. The zero-order valence-corrected chi connectivity index (χ0v) is 6.43. The van der Waals surface area contributed by atoms with Crippen molar-refractivity contribution in [3.05, 3.63) is 28.8 Å². The molecule has 0 atom stereocenters. The fourth-order valence-corrected chi connectivity index (χ4v) is 0.977.